The van der Waals surface area contributed by atoms with Crippen LogP contribution in [0.4, 0.5) is 5.13 Å². The van der Waals surface area contributed by atoms with Crippen molar-refractivity contribution in [2.75, 3.05) is 12.3 Å². The summed E-state index contributed by atoms with van der Waals surface area (Å²) in [5, 5.41) is 13.0. The molecule has 0 aliphatic carbocycles. The van der Waals surface area contributed by atoms with E-state index in [9.17, 15) is 9.90 Å². The topological polar surface area (TPSA) is 88.2 Å². The minimum absolute atomic E-state index is 0.153. The van der Waals surface area contributed by atoms with E-state index >= 15 is 0 Å². The minimum atomic E-state index is -0.726. The molecule has 5 nitrogen and oxygen atoms in total. The molecule has 0 saturated carbocycles. The van der Waals surface area contributed by atoms with E-state index in [-0.39, 0.29) is 12.5 Å². The number of carbonyl (C=O) groups is 1. The van der Waals surface area contributed by atoms with Gasteiger partial charge in [0.15, 0.2) is 5.13 Å². The molecule has 0 fully saturated rings. The number of benzene rings is 1. The average Bonchev–Trinajstić information content (AvgIpc) is 2.75. The number of amides is 1. The molecule has 0 saturated heterocycles. The van der Waals surface area contributed by atoms with Crippen LogP contribution in [0.1, 0.15) is 27.0 Å². The molecule has 1 atom stereocenters. The number of hydrogen-bond donors (Lipinski definition) is 3. The number of aryl methyl sites for hydroxylation is 1. The summed E-state index contributed by atoms with van der Waals surface area (Å²) in [6.45, 7) is 1.88. The summed E-state index contributed by atoms with van der Waals surface area (Å²) in [6, 6.07) is 9.18. The lowest BCUT2D eigenvalue weighted by Gasteiger charge is -2.11. The Balaban J connectivity index is 1.96. The predicted octanol–water partition coefficient (Wildman–Crippen LogP) is 1.50. The molecule has 100 valence electrons. The van der Waals surface area contributed by atoms with Crippen molar-refractivity contribution in [3.8, 4) is 0 Å². The second-order valence-corrected chi connectivity index (χ2v) is 5.13. The van der Waals surface area contributed by atoms with Crippen molar-refractivity contribution in [2.24, 2.45) is 0 Å². The third-order valence-corrected chi connectivity index (χ3v) is 3.65. The first-order valence-electron chi connectivity index (χ1n) is 5.82. The van der Waals surface area contributed by atoms with E-state index in [0.717, 1.165) is 16.9 Å². The molecule has 1 amide bonds. The standard InChI is InChI=1S/C13H15N3O2S/c1-8-11(19-13(14)16-8)12(18)15-7-10(17)9-5-3-2-4-6-9/h2-6,10,17H,7H2,1H3,(H2,14,16)(H,15,18). The molecule has 0 aliphatic heterocycles. The Morgan fingerprint density at radius 3 is 2.74 bits per heavy atom. The predicted molar refractivity (Wildman–Crippen MR) is 75.0 cm³/mol. The molecule has 0 spiro atoms. The molecular formula is C13H15N3O2S. The Hall–Kier alpha value is -1.92. The number of thiazole rings is 1. The molecule has 1 aromatic carbocycles. The van der Waals surface area contributed by atoms with Crippen LogP contribution in [0.5, 0.6) is 0 Å². The number of nitrogens with two attached hydrogens (primary N) is 1. The molecule has 2 rings (SSSR count). The van der Waals surface area contributed by atoms with E-state index < -0.39 is 6.10 Å². The lowest BCUT2D eigenvalue weighted by Crippen LogP contribution is -2.28. The fourth-order valence-electron chi connectivity index (χ4n) is 1.69. The van der Waals surface area contributed by atoms with Crippen molar-refractivity contribution in [1.29, 1.82) is 0 Å². The zero-order valence-electron chi connectivity index (χ0n) is 10.5. The monoisotopic (exact) mass is 277 g/mol. The number of aromatic nitrogens is 1. The van der Waals surface area contributed by atoms with Crippen molar-refractivity contribution in [3.05, 3.63) is 46.5 Å². The highest BCUT2D eigenvalue weighted by molar-refractivity contribution is 7.17. The van der Waals surface area contributed by atoms with Gasteiger partial charge in [0.25, 0.3) is 5.91 Å². The van der Waals surface area contributed by atoms with E-state index in [1.54, 1.807) is 6.92 Å². The van der Waals surface area contributed by atoms with Crippen LogP contribution in [-0.4, -0.2) is 22.5 Å². The van der Waals surface area contributed by atoms with Crippen molar-refractivity contribution in [3.63, 3.8) is 0 Å². The number of nitrogens with one attached hydrogen (secondary N) is 1. The van der Waals surface area contributed by atoms with Crippen molar-refractivity contribution in [2.45, 2.75) is 13.0 Å². The summed E-state index contributed by atoms with van der Waals surface area (Å²) in [5.74, 6) is -0.262. The Labute approximate surface area is 115 Å². The smallest absolute Gasteiger partial charge is 0.263 e. The first-order valence-corrected chi connectivity index (χ1v) is 6.63. The number of aliphatic hydroxyl groups is 1. The Bertz CT molecular complexity index is 569. The van der Waals surface area contributed by atoms with Crippen LogP contribution in [0.15, 0.2) is 30.3 Å². The molecule has 0 radical (unpaired) electrons. The van der Waals surface area contributed by atoms with E-state index in [2.05, 4.69) is 10.3 Å². The van der Waals surface area contributed by atoms with E-state index in [4.69, 9.17) is 5.73 Å². The Morgan fingerprint density at radius 2 is 2.16 bits per heavy atom. The van der Waals surface area contributed by atoms with Gasteiger partial charge in [0, 0.05) is 6.54 Å². The van der Waals surface area contributed by atoms with Gasteiger partial charge >= 0.3 is 0 Å². The minimum Gasteiger partial charge on any atom is -0.387 e. The Morgan fingerprint density at radius 1 is 1.47 bits per heavy atom. The van der Waals surface area contributed by atoms with Crippen LogP contribution in [0.25, 0.3) is 0 Å². The first kappa shape index (κ1) is 13.5. The molecule has 2 aromatic rings. The van der Waals surface area contributed by atoms with Gasteiger partial charge in [-0.25, -0.2) is 4.98 Å². The second kappa shape index (κ2) is 5.81. The van der Waals surface area contributed by atoms with Gasteiger partial charge in [0.05, 0.1) is 11.8 Å². The van der Waals surface area contributed by atoms with Gasteiger partial charge < -0.3 is 16.2 Å². The average molecular weight is 277 g/mol. The number of nitrogen functional groups attached to an aromatic ring is 1. The summed E-state index contributed by atoms with van der Waals surface area (Å²) in [4.78, 5) is 16.4. The van der Waals surface area contributed by atoms with Crippen LogP contribution in [0, 0.1) is 6.92 Å². The van der Waals surface area contributed by atoms with Gasteiger partial charge in [0.1, 0.15) is 4.88 Å². The Kier molecular flexibility index (Phi) is 4.13. The van der Waals surface area contributed by atoms with Gasteiger partial charge in [-0.05, 0) is 12.5 Å². The van der Waals surface area contributed by atoms with Crippen molar-refractivity contribution < 1.29 is 9.90 Å². The van der Waals surface area contributed by atoms with E-state index in [1.807, 2.05) is 30.3 Å². The van der Waals surface area contributed by atoms with Gasteiger partial charge in [-0.3, -0.25) is 4.79 Å². The maximum atomic E-state index is 11.9. The van der Waals surface area contributed by atoms with Crippen molar-refractivity contribution >= 4 is 22.4 Å². The number of aliphatic hydroxyl groups excluding tert-OH is 1. The maximum absolute atomic E-state index is 11.9. The van der Waals surface area contributed by atoms with Gasteiger partial charge in [0.2, 0.25) is 0 Å². The van der Waals surface area contributed by atoms with Crippen LogP contribution in [-0.2, 0) is 0 Å². The molecular weight excluding hydrogens is 262 g/mol. The molecule has 1 aromatic heterocycles. The largest absolute Gasteiger partial charge is 0.387 e. The summed E-state index contributed by atoms with van der Waals surface area (Å²) in [5.41, 5.74) is 6.91. The van der Waals surface area contributed by atoms with Gasteiger partial charge in [-0.15, -0.1) is 0 Å². The number of anilines is 1. The summed E-state index contributed by atoms with van der Waals surface area (Å²) in [7, 11) is 0. The fraction of sp³-hybridized carbons (Fsp3) is 0.231. The quantitative estimate of drug-likeness (QED) is 0.790. The molecule has 6 heteroatoms. The highest BCUT2D eigenvalue weighted by Gasteiger charge is 2.15. The third-order valence-electron chi connectivity index (χ3n) is 2.66. The molecule has 0 aliphatic rings. The SMILES string of the molecule is Cc1nc(N)sc1C(=O)NCC(O)c1ccccc1. The first-order chi connectivity index (χ1) is 9.08. The summed E-state index contributed by atoms with van der Waals surface area (Å²) < 4.78 is 0. The molecule has 1 heterocycles. The van der Waals surface area contributed by atoms with Crippen molar-refractivity contribution in [1.82, 2.24) is 10.3 Å². The molecule has 4 N–H and O–H groups in total. The second-order valence-electron chi connectivity index (χ2n) is 4.10. The van der Waals surface area contributed by atoms with Crippen LogP contribution < -0.4 is 11.1 Å². The van der Waals surface area contributed by atoms with Gasteiger partial charge in [-0.2, -0.15) is 0 Å². The lowest BCUT2D eigenvalue weighted by atomic mass is 10.1. The number of hydrogen-bond acceptors (Lipinski definition) is 5. The van der Waals surface area contributed by atoms with E-state index in [0.29, 0.717) is 15.7 Å². The number of carbonyl (C=O) groups excluding carboxylic acids is 1. The zero-order valence-corrected chi connectivity index (χ0v) is 11.3. The maximum Gasteiger partial charge on any atom is 0.263 e. The van der Waals surface area contributed by atoms with Crippen LogP contribution in [0.3, 0.4) is 0 Å². The number of nitrogens with zero attached hydrogens (tertiary/aromatic N) is 1. The third kappa shape index (κ3) is 3.30. The highest BCUT2D eigenvalue weighted by Crippen LogP contribution is 2.19. The normalized spacial score (nSPS) is 12.1. The molecule has 0 bridgehead atoms. The highest BCUT2D eigenvalue weighted by atomic mass is 32.1. The fourth-order valence-corrected chi connectivity index (χ4v) is 2.44. The zero-order chi connectivity index (χ0) is 13.8. The van der Waals surface area contributed by atoms with Crippen LogP contribution >= 0.6 is 11.3 Å². The van der Waals surface area contributed by atoms with Crippen LogP contribution in [0.2, 0.25) is 0 Å². The molecule has 1 unspecified atom stereocenters. The number of rotatable bonds is 4. The van der Waals surface area contributed by atoms with E-state index in [1.165, 1.54) is 0 Å². The summed E-state index contributed by atoms with van der Waals surface area (Å²) in [6.07, 6.45) is -0.726. The van der Waals surface area contributed by atoms with Gasteiger partial charge in [-0.1, -0.05) is 41.7 Å². The summed E-state index contributed by atoms with van der Waals surface area (Å²) >= 11 is 1.14. The molecule has 19 heavy (non-hydrogen) atoms. The lowest BCUT2D eigenvalue weighted by molar-refractivity contribution is 0.0919.